The lowest BCUT2D eigenvalue weighted by molar-refractivity contribution is -0.144. The zero-order chi connectivity index (χ0) is 16.8. The summed E-state index contributed by atoms with van der Waals surface area (Å²) in [4.78, 5) is 25.5. The highest BCUT2D eigenvalue weighted by Crippen LogP contribution is 2.25. The van der Waals surface area contributed by atoms with E-state index in [-0.39, 0.29) is 24.0 Å². The smallest absolute Gasteiger partial charge is 0.387 e. The van der Waals surface area contributed by atoms with Crippen LogP contribution in [0.1, 0.15) is 12.8 Å². The number of benzene rings is 1. The Morgan fingerprint density at radius 2 is 1.96 bits per heavy atom. The molecule has 1 aromatic carbocycles. The number of aliphatic hydroxyl groups excluding tert-OH is 1. The summed E-state index contributed by atoms with van der Waals surface area (Å²) in [7, 11) is 0. The van der Waals surface area contributed by atoms with Gasteiger partial charge in [0.05, 0.1) is 5.69 Å². The monoisotopic (exact) mass is 328 g/mol. The summed E-state index contributed by atoms with van der Waals surface area (Å²) < 4.78 is 29.0. The van der Waals surface area contributed by atoms with Crippen LogP contribution in [0, 0.1) is 5.92 Å². The minimum atomic E-state index is -3.03. The fourth-order valence-corrected chi connectivity index (χ4v) is 2.41. The first-order valence-electron chi connectivity index (χ1n) is 7.26. The van der Waals surface area contributed by atoms with Crippen molar-refractivity contribution >= 4 is 17.5 Å². The molecule has 2 rings (SSSR count). The van der Waals surface area contributed by atoms with Crippen LogP contribution in [0.3, 0.4) is 0 Å². The zero-order valence-electron chi connectivity index (χ0n) is 12.4. The Balaban J connectivity index is 1.98. The molecule has 6 nitrogen and oxygen atoms in total. The van der Waals surface area contributed by atoms with Crippen LogP contribution in [0.2, 0.25) is 0 Å². The van der Waals surface area contributed by atoms with Crippen molar-refractivity contribution in [1.82, 2.24) is 4.90 Å². The summed E-state index contributed by atoms with van der Waals surface area (Å²) in [5.41, 5.74) is 0.0106. The molecular formula is C15H18F2N2O4. The molecule has 0 atom stereocenters. The Hall–Kier alpha value is -2.22. The van der Waals surface area contributed by atoms with Crippen LogP contribution < -0.4 is 10.1 Å². The third kappa shape index (κ3) is 4.62. The number of aliphatic hydroxyl groups is 1. The molecule has 0 radical (unpaired) electrons. The van der Waals surface area contributed by atoms with Crippen LogP contribution in [0.15, 0.2) is 24.3 Å². The Labute approximate surface area is 132 Å². The van der Waals surface area contributed by atoms with Gasteiger partial charge >= 0.3 is 18.4 Å². The number of carbonyl (C=O) groups excluding carboxylic acids is 2. The van der Waals surface area contributed by atoms with Crippen molar-refractivity contribution in [3.05, 3.63) is 24.3 Å². The number of nitrogens with zero attached hydrogens (tertiary/aromatic N) is 1. The maximum absolute atomic E-state index is 12.3. The third-order valence-electron chi connectivity index (χ3n) is 3.71. The fraction of sp³-hybridized carbons (Fsp3) is 0.467. The number of ether oxygens (including phenoxy) is 1. The second-order valence-corrected chi connectivity index (χ2v) is 5.25. The average molecular weight is 328 g/mol. The summed E-state index contributed by atoms with van der Waals surface area (Å²) in [5, 5.41) is 11.4. The van der Waals surface area contributed by atoms with Crippen molar-refractivity contribution in [3.8, 4) is 5.75 Å². The molecule has 0 unspecified atom stereocenters. The lowest BCUT2D eigenvalue weighted by Crippen LogP contribution is -2.44. The highest BCUT2D eigenvalue weighted by molar-refractivity contribution is 6.39. The van der Waals surface area contributed by atoms with Gasteiger partial charge in [-0.25, -0.2) is 0 Å². The first-order chi connectivity index (χ1) is 11.0. The molecule has 8 heteroatoms. The second kappa shape index (κ2) is 7.87. The van der Waals surface area contributed by atoms with Gasteiger partial charge in [0.2, 0.25) is 0 Å². The average Bonchev–Trinajstić information content (AvgIpc) is 2.55. The molecule has 1 aliphatic heterocycles. The molecule has 1 heterocycles. The van der Waals surface area contributed by atoms with E-state index in [1.54, 1.807) is 0 Å². The van der Waals surface area contributed by atoms with Crippen molar-refractivity contribution in [2.75, 3.05) is 25.0 Å². The van der Waals surface area contributed by atoms with Crippen molar-refractivity contribution in [1.29, 1.82) is 0 Å². The number of amides is 2. The number of carbonyl (C=O) groups is 2. The Morgan fingerprint density at radius 3 is 2.57 bits per heavy atom. The number of piperidine rings is 1. The lowest BCUT2D eigenvalue weighted by atomic mass is 9.98. The van der Waals surface area contributed by atoms with E-state index in [4.69, 9.17) is 5.11 Å². The van der Waals surface area contributed by atoms with E-state index in [1.807, 2.05) is 0 Å². The van der Waals surface area contributed by atoms with Gasteiger partial charge in [0, 0.05) is 19.7 Å². The second-order valence-electron chi connectivity index (χ2n) is 5.25. The summed E-state index contributed by atoms with van der Waals surface area (Å²) in [5.74, 6) is -1.70. The van der Waals surface area contributed by atoms with Gasteiger partial charge in [0.15, 0.2) is 0 Å². The summed E-state index contributed by atoms with van der Waals surface area (Å²) in [6.45, 7) is -2.20. The summed E-state index contributed by atoms with van der Waals surface area (Å²) in [6.07, 6.45) is 1.25. The van der Waals surface area contributed by atoms with E-state index < -0.39 is 18.4 Å². The van der Waals surface area contributed by atoms with Crippen LogP contribution >= 0.6 is 0 Å². The molecule has 0 bridgehead atoms. The number of alkyl halides is 2. The number of halogens is 2. The Morgan fingerprint density at radius 1 is 1.30 bits per heavy atom. The number of likely N-dealkylation sites (tertiary alicyclic amines) is 1. The van der Waals surface area contributed by atoms with Crippen LogP contribution in [-0.4, -0.2) is 48.1 Å². The van der Waals surface area contributed by atoms with Crippen LogP contribution in [0.25, 0.3) is 0 Å². The Kier molecular flexibility index (Phi) is 5.86. The van der Waals surface area contributed by atoms with Gasteiger partial charge in [0.1, 0.15) is 5.75 Å². The number of hydrogen-bond acceptors (Lipinski definition) is 4. The van der Waals surface area contributed by atoms with E-state index >= 15 is 0 Å². The maximum Gasteiger partial charge on any atom is 0.387 e. The lowest BCUT2D eigenvalue weighted by Gasteiger charge is -2.30. The van der Waals surface area contributed by atoms with Gasteiger partial charge in [0.25, 0.3) is 0 Å². The quantitative estimate of drug-likeness (QED) is 0.820. The number of nitrogens with one attached hydrogen (secondary N) is 1. The topological polar surface area (TPSA) is 78.9 Å². The van der Waals surface area contributed by atoms with Crippen molar-refractivity contribution < 1.29 is 28.2 Å². The molecule has 2 N–H and O–H groups in total. The van der Waals surface area contributed by atoms with Gasteiger partial charge in [-0.1, -0.05) is 12.1 Å². The molecule has 1 saturated heterocycles. The van der Waals surface area contributed by atoms with Gasteiger partial charge in [-0.05, 0) is 30.9 Å². The van der Waals surface area contributed by atoms with E-state index in [0.29, 0.717) is 25.9 Å². The zero-order valence-corrected chi connectivity index (χ0v) is 12.4. The highest BCUT2D eigenvalue weighted by atomic mass is 19.3. The minimum absolute atomic E-state index is 0.0106. The van der Waals surface area contributed by atoms with Crippen LogP contribution in [-0.2, 0) is 9.59 Å². The van der Waals surface area contributed by atoms with Crippen molar-refractivity contribution in [3.63, 3.8) is 0 Å². The SMILES string of the molecule is O=C(Nc1ccccc1OC(F)F)C(=O)N1CCC(CO)CC1. The Bertz CT molecular complexity index is 560. The number of anilines is 1. The predicted octanol–water partition coefficient (Wildman–Crippen LogP) is 1.46. The molecule has 1 fully saturated rings. The minimum Gasteiger partial charge on any atom is -0.433 e. The first kappa shape index (κ1) is 17.1. The summed E-state index contributed by atoms with van der Waals surface area (Å²) in [6, 6.07) is 5.67. The fourth-order valence-electron chi connectivity index (χ4n) is 2.41. The highest BCUT2D eigenvalue weighted by Gasteiger charge is 2.27. The third-order valence-corrected chi connectivity index (χ3v) is 3.71. The normalized spacial score (nSPS) is 15.6. The van der Waals surface area contributed by atoms with E-state index in [1.165, 1.54) is 29.2 Å². The molecule has 23 heavy (non-hydrogen) atoms. The van der Waals surface area contributed by atoms with Gasteiger partial charge in [-0.15, -0.1) is 0 Å². The van der Waals surface area contributed by atoms with E-state index in [9.17, 15) is 18.4 Å². The van der Waals surface area contributed by atoms with Crippen molar-refractivity contribution in [2.24, 2.45) is 5.92 Å². The van der Waals surface area contributed by atoms with E-state index in [0.717, 1.165) is 0 Å². The summed E-state index contributed by atoms with van der Waals surface area (Å²) >= 11 is 0. The predicted molar refractivity (Wildman–Crippen MR) is 78.1 cm³/mol. The van der Waals surface area contributed by atoms with Gasteiger partial charge in [-0.2, -0.15) is 8.78 Å². The van der Waals surface area contributed by atoms with Gasteiger partial charge in [-0.3, -0.25) is 9.59 Å². The molecule has 1 aromatic rings. The molecule has 1 aliphatic rings. The molecule has 0 saturated carbocycles. The van der Waals surface area contributed by atoms with Crippen LogP contribution in [0.5, 0.6) is 5.75 Å². The largest absolute Gasteiger partial charge is 0.433 e. The number of hydrogen-bond donors (Lipinski definition) is 2. The molecule has 0 aromatic heterocycles. The molecule has 0 spiro atoms. The molecular weight excluding hydrogens is 310 g/mol. The maximum atomic E-state index is 12.3. The molecule has 2 amide bonds. The van der Waals surface area contributed by atoms with Crippen LogP contribution in [0.4, 0.5) is 14.5 Å². The van der Waals surface area contributed by atoms with Crippen molar-refractivity contribution in [2.45, 2.75) is 19.5 Å². The van der Waals surface area contributed by atoms with Gasteiger partial charge < -0.3 is 20.1 Å². The number of para-hydroxylation sites is 2. The first-order valence-corrected chi connectivity index (χ1v) is 7.26. The van der Waals surface area contributed by atoms with E-state index in [2.05, 4.69) is 10.1 Å². The number of rotatable bonds is 4. The molecule has 126 valence electrons. The standard InChI is InChI=1S/C15H18F2N2O4/c16-15(17)23-12-4-2-1-3-11(12)18-13(21)14(22)19-7-5-10(9-20)6-8-19/h1-4,10,15,20H,5-9H2,(H,18,21). The molecule has 0 aliphatic carbocycles.